The van der Waals surface area contributed by atoms with E-state index >= 15 is 4.39 Å². The maximum absolute atomic E-state index is 15.4. The van der Waals surface area contributed by atoms with Gasteiger partial charge in [-0.3, -0.25) is 4.90 Å². The zero-order chi connectivity index (χ0) is 24.4. The van der Waals surface area contributed by atoms with Crippen molar-refractivity contribution in [2.45, 2.75) is 38.8 Å². The molecule has 2 aromatic heterocycles. The summed E-state index contributed by atoms with van der Waals surface area (Å²) in [5.41, 5.74) is 7.42. The predicted molar refractivity (Wildman–Crippen MR) is 127 cm³/mol. The first kappa shape index (κ1) is 22.1. The van der Waals surface area contributed by atoms with Gasteiger partial charge in [-0.25, -0.2) is 19.2 Å². The van der Waals surface area contributed by atoms with E-state index in [4.69, 9.17) is 10.5 Å². The molecule has 0 radical (unpaired) electrons. The van der Waals surface area contributed by atoms with Crippen LogP contribution in [0.5, 0.6) is 5.88 Å². The molecule has 3 heterocycles. The maximum atomic E-state index is 15.4. The number of fused-ring (bicyclic) bond motifs is 2. The number of nitrogens with one attached hydrogen (secondary N) is 1. The number of rotatable bonds is 3. The number of nitrogens with zero attached hydrogens (tertiary/aromatic N) is 3. The lowest BCUT2D eigenvalue weighted by molar-refractivity contribution is -0.0852. The molecule has 0 bridgehead atoms. The average molecular weight is 468 g/mol. The van der Waals surface area contributed by atoms with Crippen molar-refractivity contribution in [3.05, 3.63) is 35.9 Å². The number of hydrogen-bond donors (Lipinski definition) is 4. The minimum atomic E-state index is -1.17. The van der Waals surface area contributed by atoms with Gasteiger partial charge in [0.15, 0.2) is 5.82 Å². The van der Waals surface area contributed by atoms with Gasteiger partial charge in [-0.15, -0.1) is 0 Å². The lowest BCUT2D eigenvalue weighted by atomic mass is 9.67. The second kappa shape index (κ2) is 7.69. The molecule has 2 aliphatic rings. The summed E-state index contributed by atoms with van der Waals surface area (Å²) in [4.78, 5) is 21.9. The fraction of sp³-hybridized carbons (Fsp3) is 0.375. The van der Waals surface area contributed by atoms with Gasteiger partial charge in [0.25, 0.3) is 0 Å². The summed E-state index contributed by atoms with van der Waals surface area (Å²) in [5.74, 6) is -0.202. The number of carboxylic acid groups (broad SMARTS) is 1. The Hall–Kier alpha value is -3.66. The largest absolute Gasteiger partial charge is 0.474 e. The van der Waals surface area contributed by atoms with Crippen molar-refractivity contribution in [1.82, 2.24) is 9.97 Å². The number of nitrogen functional groups attached to an aromatic ring is 1. The third kappa shape index (κ3) is 3.28. The van der Waals surface area contributed by atoms with Crippen molar-refractivity contribution in [2.75, 3.05) is 29.1 Å². The van der Waals surface area contributed by atoms with Gasteiger partial charge in [0.2, 0.25) is 5.88 Å². The Morgan fingerprint density at radius 2 is 2.09 bits per heavy atom. The van der Waals surface area contributed by atoms with Crippen LogP contribution in [0.25, 0.3) is 21.9 Å². The molecule has 3 aromatic rings. The second-order valence-corrected chi connectivity index (χ2v) is 9.24. The molecule has 1 amide bonds. The van der Waals surface area contributed by atoms with E-state index in [0.717, 1.165) is 10.5 Å². The topological polar surface area (TPSA) is 134 Å². The molecule has 5 rings (SSSR count). The first-order chi connectivity index (χ1) is 16.1. The van der Waals surface area contributed by atoms with Crippen LogP contribution in [0.1, 0.15) is 25.8 Å². The fourth-order valence-electron chi connectivity index (χ4n) is 4.87. The lowest BCUT2D eigenvalue weighted by Gasteiger charge is -2.51. The Bertz CT molecular complexity index is 1330. The molecule has 1 aliphatic heterocycles. The van der Waals surface area contributed by atoms with E-state index < -0.39 is 23.6 Å². The molecular formula is C24H26FN5O4. The third-order valence-corrected chi connectivity index (χ3v) is 7.19. The summed E-state index contributed by atoms with van der Waals surface area (Å²) >= 11 is 0. The molecule has 10 heteroatoms. The van der Waals surface area contributed by atoms with Crippen molar-refractivity contribution in [3.8, 4) is 17.0 Å². The standard InChI is InChI=1S/C24H26FN5O4/c1-11-15(9-29-22-21(11)27-4-5-34-22)14-6-13-7-18(28-10-16(13)20(26)19(14)25)30(23(31)32)17-8-24(3,33)12(17)2/h6-7,9-10,12,17,27,33H,4-5,8,26H2,1-3H3,(H,31,32). The number of ether oxygens (including phenoxy) is 1. The van der Waals surface area contributed by atoms with Crippen molar-refractivity contribution in [2.24, 2.45) is 5.92 Å². The summed E-state index contributed by atoms with van der Waals surface area (Å²) in [6.45, 7) is 6.47. The van der Waals surface area contributed by atoms with Gasteiger partial charge in [-0.2, -0.15) is 0 Å². The molecule has 3 unspecified atom stereocenters. The maximum Gasteiger partial charge on any atom is 0.413 e. The molecule has 1 aromatic carbocycles. The summed E-state index contributed by atoms with van der Waals surface area (Å²) in [5, 5.41) is 24.4. The Morgan fingerprint density at radius 3 is 2.76 bits per heavy atom. The van der Waals surface area contributed by atoms with Crippen LogP contribution in [-0.2, 0) is 0 Å². The Labute approximate surface area is 195 Å². The molecule has 34 heavy (non-hydrogen) atoms. The number of amides is 1. The van der Waals surface area contributed by atoms with Crippen LogP contribution in [0.3, 0.4) is 0 Å². The summed E-state index contributed by atoms with van der Waals surface area (Å²) in [6, 6.07) is 2.80. The lowest BCUT2D eigenvalue weighted by Crippen LogP contribution is -2.62. The number of carbonyl (C=O) groups is 1. The number of pyridine rings is 2. The van der Waals surface area contributed by atoms with Gasteiger partial charge in [0.05, 0.1) is 11.3 Å². The number of nitrogens with two attached hydrogens (primary N) is 1. The molecule has 1 saturated carbocycles. The van der Waals surface area contributed by atoms with Gasteiger partial charge >= 0.3 is 6.09 Å². The SMILES string of the molecule is Cc1c(-c2cc3cc(N(C(=O)O)C4CC(C)(O)C4C)ncc3c(N)c2F)cnc2c1NCCO2. The highest BCUT2D eigenvalue weighted by molar-refractivity contribution is 6.00. The van der Waals surface area contributed by atoms with Crippen LogP contribution in [0, 0.1) is 18.7 Å². The van der Waals surface area contributed by atoms with Gasteiger partial charge in [0.1, 0.15) is 18.1 Å². The zero-order valence-electron chi connectivity index (χ0n) is 19.1. The molecule has 5 N–H and O–H groups in total. The molecule has 1 fully saturated rings. The first-order valence-electron chi connectivity index (χ1n) is 11.1. The van der Waals surface area contributed by atoms with Crippen LogP contribution in [0.4, 0.5) is 26.4 Å². The highest BCUT2D eigenvalue weighted by Gasteiger charge is 2.51. The molecular weight excluding hydrogens is 441 g/mol. The highest BCUT2D eigenvalue weighted by atomic mass is 19.1. The minimum absolute atomic E-state index is 0.0744. The first-order valence-corrected chi connectivity index (χ1v) is 11.1. The van der Waals surface area contributed by atoms with Crippen LogP contribution in [0.15, 0.2) is 24.5 Å². The van der Waals surface area contributed by atoms with Crippen LogP contribution < -0.4 is 20.7 Å². The van der Waals surface area contributed by atoms with Crippen molar-refractivity contribution >= 4 is 34.1 Å². The minimum Gasteiger partial charge on any atom is -0.474 e. The van der Waals surface area contributed by atoms with Crippen molar-refractivity contribution < 1.29 is 24.1 Å². The smallest absolute Gasteiger partial charge is 0.413 e. The summed E-state index contributed by atoms with van der Waals surface area (Å²) in [7, 11) is 0. The quantitative estimate of drug-likeness (QED) is 0.428. The van der Waals surface area contributed by atoms with Crippen LogP contribution in [-0.4, -0.2) is 51.1 Å². The van der Waals surface area contributed by atoms with E-state index in [1.165, 1.54) is 6.20 Å². The monoisotopic (exact) mass is 467 g/mol. The van der Waals surface area contributed by atoms with Crippen molar-refractivity contribution in [1.29, 1.82) is 0 Å². The van der Waals surface area contributed by atoms with E-state index in [0.29, 0.717) is 47.5 Å². The van der Waals surface area contributed by atoms with Gasteiger partial charge < -0.3 is 26.0 Å². The Morgan fingerprint density at radius 1 is 1.32 bits per heavy atom. The molecule has 3 atom stereocenters. The molecule has 9 nitrogen and oxygen atoms in total. The molecule has 178 valence electrons. The Balaban J connectivity index is 1.63. The predicted octanol–water partition coefficient (Wildman–Crippen LogP) is 3.77. The number of hydrogen-bond acceptors (Lipinski definition) is 7. The summed E-state index contributed by atoms with van der Waals surface area (Å²) < 4.78 is 20.9. The molecule has 0 saturated heterocycles. The molecule has 0 spiro atoms. The number of aliphatic hydroxyl groups is 1. The van der Waals surface area contributed by atoms with E-state index in [9.17, 15) is 15.0 Å². The fourth-order valence-corrected chi connectivity index (χ4v) is 4.87. The van der Waals surface area contributed by atoms with Crippen molar-refractivity contribution in [3.63, 3.8) is 0 Å². The van der Waals surface area contributed by atoms with Gasteiger partial charge in [0, 0.05) is 47.4 Å². The van der Waals surface area contributed by atoms with E-state index in [1.807, 2.05) is 6.92 Å². The molecule has 1 aliphatic carbocycles. The average Bonchev–Trinajstić information content (AvgIpc) is 2.81. The number of benzene rings is 1. The van der Waals surface area contributed by atoms with E-state index in [-0.39, 0.29) is 23.0 Å². The highest BCUT2D eigenvalue weighted by Crippen LogP contribution is 2.44. The van der Waals surface area contributed by atoms with E-state index in [2.05, 4.69) is 15.3 Å². The van der Waals surface area contributed by atoms with Crippen LogP contribution >= 0.6 is 0 Å². The van der Waals surface area contributed by atoms with Crippen LogP contribution in [0.2, 0.25) is 0 Å². The van der Waals surface area contributed by atoms with Gasteiger partial charge in [-0.1, -0.05) is 6.92 Å². The summed E-state index contributed by atoms with van der Waals surface area (Å²) in [6.07, 6.45) is 2.06. The zero-order valence-corrected chi connectivity index (χ0v) is 19.1. The Kier molecular flexibility index (Phi) is 5.01. The number of anilines is 3. The normalized spacial score (nSPS) is 23.4. The second-order valence-electron chi connectivity index (χ2n) is 9.24. The number of halogens is 1. The van der Waals surface area contributed by atoms with Gasteiger partial charge in [-0.05, 0) is 43.4 Å². The number of aromatic nitrogens is 2. The third-order valence-electron chi connectivity index (χ3n) is 7.19. The van der Waals surface area contributed by atoms with E-state index in [1.54, 1.807) is 32.2 Å².